The lowest BCUT2D eigenvalue weighted by Crippen LogP contribution is -2.34. The summed E-state index contributed by atoms with van der Waals surface area (Å²) in [4.78, 5) is 16.3. The molecule has 2 fully saturated rings. The number of aryl methyl sites for hydroxylation is 2. The van der Waals surface area contributed by atoms with Gasteiger partial charge in [-0.15, -0.1) is 0 Å². The molecule has 3 atom stereocenters. The van der Waals surface area contributed by atoms with E-state index in [4.69, 9.17) is 11.6 Å². The van der Waals surface area contributed by atoms with Crippen LogP contribution in [-0.4, -0.2) is 80.7 Å². The Hall–Kier alpha value is -3.40. The number of carbonyl (C=O) groups is 1. The number of benzene rings is 2. The predicted octanol–water partition coefficient (Wildman–Crippen LogP) is 7.35. The lowest BCUT2D eigenvalue weighted by atomic mass is 9.94. The van der Waals surface area contributed by atoms with E-state index in [2.05, 4.69) is 52.5 Å². The zero-order valence-corrected chi connectivity index (χ0v) is 32.0. The molecular formula is C38H57F6N7O2. The summed E-state index contributed by atoms with van der Waals surface area (Å²) in [7, 11) is 3.80. The molecule has 2 aromatic carbocycles. The number of hydrazone groups is 1. The summed E-state index contributed by atoms with van der Waals surface area (Å²) < 4.78 is 85.8. The van der Waals surface area contributed by atoms with Crippen molar-refractivity contribution < 1.29 is 35.9 Å². The number of fused-ring (bicyclic) bond motifs is 2. The molecule has 0 bridgehead atoms. The molecule has 1 saturated carbocycles. The van der Waals surface area contributed by atoms with Gasteiger partial charge >= 0.3 is 12.4 Å². The van der Waals surface area contributed by atoms with Gasteiger partial charge in [0.05, 0.1) is 11.1 Å². The van der Waals surface area contributed by atoms with Crippen LogP contribution in [0.5, 0.6) is 0 Å². The molecule has 53 heavy (non-hydrogen) atoms. The van der Waals surface area contributed by atoms with Crippen molar-refractivity contribution in [2.45, 2.75) is 90.8 Å². The fraction of sp³-hybridized carbons (Fsp3) is 0.632. The molecule has 2 aromatic rings. The first kappa shape index (κ1) is 44.0. The monoisotopic (exact) mass is 757 g/mol. The summed E-state index contributed by atoms with van der Waals surface area (Å²) in [6, 6.07) is 5.87. The van der Waals surface area contributed by atoms with Crippen molar-refractivity contribution in [3.63, 3.8) is 0 Å². The first-order chi connectivity index (χ1) is 24.6. The molecule has 0 amide bonds. The number of rotatable bonds is 8. The topological polar surface area (TPSA) is 104 Å². The summed E-state index contributed by atoms with van der Waals surface area (Å²) in [6.45, 7) is 17.2. The Kier molecular flexibility index (Phi) is 15.2. The van der Waals surface area contributed by atoms with Crippen LogP contribution in [0, 0.1) is 31.6 Å². The number of anilines is 1. The highest BCUT2D eigenvalue weighted by atomic mass is 19.4. The van der Waals surface area contributed by atoms with Crippen LogP contribution in [0.15, 0.2) is 35.4 Å². The van der Waals surface area contributed by atoms with E-state index in [9.17, 15) is 31.1 Å². The zero-order chi connectivity index (χ0) is 39.9. The Balaban J connectivity index is 0.000000545. The molecular weight excluding hydrogens is 700 g/mol. The summed E-state index contributed by atoms with van der Waals surface area (Å²) in [5.74, 6) is 7.02. The van der Waals surface area contributed by atoms with Gasteiger partial charge in [-0.3, -0.25) is 9.69 Å². The summed E-state index contributed by atoms with van der Waals surface area (Å²) >= 11 is 0. The van der Waals surface area contributed by atoms with Crippen LogP contribution in [0.4, 0.5) is 32.0 Å². The van der Waals surface area contributed by atoms with Crippen LogP contribution in [0.2, 0.25) is 0 Å². The van der Waals surface area contributed by atoms with Crippen LogP contribution in [0.3, 0.4) is 0 Å². The molecule has 4 N–H and O–H groups in total. The van der Waals surface area contributed by atoms with Gasteiger partial charge in [0, 0.05) is 64.9 Å². The number of nitrogens with zero attached hydrogens (tertiary/aromatic N) is 5. The smallest absolute Gasteiger partial charge is 0.416 e. The Labute approximate surface area is 310 Å². The summed E-state index contributed by atoms with van der Waals surface area (Å²) in [6.07, 6.45) is -5.76. The molecule has 2 aliphatic heterocycles. The number of hydrogen-bond donors (Lipinski definition) is 2. The maximum absolute atomic E-state index is 13.5. The first-order valence-electron chi connectivity index (χ1n) is 17.9. The van der Waals surface area contributed by atoms with Crippen LogP contribution in [0.25, 0.3) is 0 Å². The lowest BCUT2D eigenvalue weighted by Gasteiger charge is -2.34. The van der Waals surface area contributed by atoms with Crippen molar-refractivity contribution >= 4 is 18.9 Å². The third-order valence-electron chi connectivity index (χ3n) is 9.90. The number of ether oxygens (including phenoxy) is 1. The SMILES string of the molecule is C=NN(C)N.CC(C)(C)OC=O.Cc1cc(C)c2c(c1)C(N(CN)Cc1cc(C(F)(F)F)cc(C(F)(F)F)c1)CCCN2CC1CC2CN(C)CC2C1. The number of alkyl halides is 6. The lowest BCUT2D eigenvalue weighted by molar-refractivity contribution is -0.143. The molecule has 1 saturated heterocycles. The number of hydrazine groups is 1. The highest BCUT2D eigenvalue weighted by Gasteiger charge is 2.41. The number of hydrogen-bond acceptors (Lipinski definition) is 9. The van der Waals surface area contributed by atoms with E-state index in [-0.39, 0.29) is 36.5 Å². The van der Waals surface area contributed by atoms with E-state index in [0.717, 1.165) is 90.5 Å². The third kappa shape index (κ3) is 12.9. The van der Waals surface area contributed by atoms with Gasteiger partial charge in [0.2, 0.25) is 0 Å². The molecule has 9 nitrogen and oxygen atoms in total. The highest BCUT2D eigenvalue weighted by molar-refractivity contribution is 5.62. The highest BCUT2D eigenvalue weighted by Crippen LogP contribution is 2.45. The van der Waals surface area contributed by atoms with E-state index in [1.807, 2.05) is 32.6 Å². The molecule has 0 radical (unpaired) electrons. The minimum absolute atomic E-state index is 0.00813. The molecule has 0 spiro atoms. The van der Waals surface area contributed by atoms with Crippen LogP contribution in [-0.2, 0) is 28.4 Å². The van der Waals surface area contributed by atoms with Crippen molar-refractivity contribution in [2.24, 2.45) is 34.4 Å². The van der Waals surface area contributed by atoms with Crippen molar-refractivity contribution in [2.75, 3.05) is 51.8 Å². The molecule has 5 rings (SSSR count). The van der Waals surface area contributed by atoms with Crippen LogP contribution in [0.1, 0.15) is 85.9 Å². The van der Waals surface area contributed by atoms with Gasteiger partial charge in [0.15, 0.2) is 0 Å². The van der Waals surface area contributed by atoms with Gasteiger partial charge in [-0.25, -0.2) is 11.0 Å². The van der Waals surface area contributed by atoms with Gasteiger partial charge in [0.1, 0.15) is 5.60 Å². The van der Waals surface area contributed by atoms with Crippen molar-refractivity contribution in [3.05, 3.63) is 63.7 Å². The largest absolute Gasteiger partial charge is 0.462 e. The second-order valence-corrected chi connectivity index (χ2v) is 15.6. The van der Waals surface area contributed by atoms with Gasteiger partial charge in [-0.05, 0) is 120 Å². The fourth-order valence-corrected chi connectivity index (χ4v) is 7.90. The Bertz CT molecular complexity index is 1470. The summed E-state index contributed by atoms with van der Waals surface area (Å²) in [5.41, 5.74) is 7.63. The number of halogens is 6. The Morgan fingerprint density at radius 2 is 1.53 bits per heavy atom. The quantitative estimate of drug-likeness (QED) is 0.0720. The second-order valence-electron chi connectivity index (χ2n) is 15.6. The zero-order valence-electron chi connectivity index (χ0n) is 32.0. The van der Waals surface area contributed by atoms with E-state index >= 15 is 0 Å². The van der Waals surface area contributed by atoms with E-state index in [0.29, 0.717) is 12.4 Å². The molecule has 3 unspecified atom stereocenters. The van der Waals surface area contributed by atoms with Crippen molar-refractivity contribution in [3.8, 4) is 0 Å². The van der Waals surface area contributed by atoms with E-state index < -0.39 is 23.5 Å². The second kappa shape index (κ2) is 18.3. The van der Waals surface area contributed by atoms with Gasteiger partial charge in [0.25, 0.3) is 6.47 Å². The maximum atomic E-state index is 13.5. The molecule has 3 aliphatic rings. The molecule has 15 heteroatoms. The minimum Gasteiger partial charge on any atom is -0.462 e. The minimum atomic E-state index is -4.89. The van der Waals surface area contributed by atoms with Crippen LogP contribution >= 0.6 is 0 Å². The average molecular weight is 758 g/mol. The van der Waals surface area contributed by atoms with Crippen LogP contribution < -0.4 is 16.5 Å². The standard InChI is InChI=1S/C31H40F6N4.C5H10O2.C2H7N3/c1-19-7-20(2)29-27(8-19)28(5-4-6-40(29)14-21-9-23-16-39(3)17-24(23)10-21)41(18-38)15-22-11-25(30(32,33)34)13-26(12-22)31(35,36)37;1-5(2,3)7-4-6;1-4-5(2)3/h7-8,11-13,21,23-24,28H,4-6,9-10,14-18,38H2,1-3H3;4H,1-3H3;1,3H2,2H3. The van der Waals surface area contributed by atoms with Gasteiger partial charge in [-0.1, -0.05) is 17.7 Å². The average Bonchev–Trinajstić information content (AvgIpc) is 3.50. The maximum Gasteiger partial charge on any atom is 0.416 e. The van der Waals surface area contributed by atoms with E-state index in [1.165, 1.54) is 12.8 Å². The number of carbonyl (C=O) groups excluding carboxylic acids is 1. The van der Waals surface area contributed by atoms with E-state index in [1.54, 1.807) is 7.05 Å². The first-order valence-corrected chi connectivity index (χ1v) is 17.9. The third-order valence-corrected chi connectivity index (χ3v) is 9.90. The van der Waals surface area contributed by atoms with Gasteiger partial charge in [-0.2, -0.15) is 31.4 Å². The molecule has 1 aliphatic carbocycles. The van der Waals surface area contributed by atoms with Crippen molar-refractivity contribution in [1.82, 2.24) is 14.9 Å². The number of likely N-dealkylation sites (tertiary alicyclic amines) is 1. The number of nitrogens with two attached hydrogens (primary N) is 2. The summed E-state index contributed by atoms with van der Waals surface area (Å²) in [5, 5.41) is 4.39. The fourth-order valence-electron chi connectivity index (χ4n) is 7.90. The Morgan fingerprint density at radius 1 is 0.981 bits per heavy atom. The van der Waals surface area contributed by atoms with Crippen molar-refractivity contribution in [1.29, 1.82) is 0 Å². The van der Waals surface area contributed by atoms with Gasteiger partial charge < -0.3 is 20.3 Å². The molecule has 0 aromatic heterocycles. The normalized spacial score (nSPS) is 21.8. The molecule has 2 heterocycles. The predicted molar refractivity (Wildman–Crippen MR) is 197 cm³/mol. The molecule has 298 valence electrons. The Morgan fingerprint density at radius 3 is 1.96 bits per heavy atom.